The molecule has 2 unspecified atom stereocenters. The fraction of sp³-hybridized carbons (Fsp3) is 0.889. The van der Waals surface area contributed by atoms with Crippen LogP contribution in [0.1, 0.15) is 19.8 Å². The first-order valence-electron chi connectivity index (χ1n) is 4.61. The first kappa shape index (κ1) is 10.5. The number of carbonyl (C=O) groups is 1. The van der Waals surface area contributed by atoms with E-state index in [-0.39, 0.29) is 24.7 Å². The van der Waals surface area contributed by atoms with Gasteiger partial charge in [-0.2, -0.15) is 0 Å². The molecule has 1 aliphatic heterocycles. The summed E-state index contributed by atoms with van der Waals surface area (Å²) in [6, 6.07) is 0.131. The molecular weight excluding hydrogens is 170 g/mol. The van der Waals surface area contributed by atoms with E-state index in [9.17, 15) is 9.90 Å². The summed E-state index contributed by atoms with van der Waals surface area (Å²) < 4.78 is 4.78. The highest BCUT2D eigenvalue weighted by Crippen LogP contribution is 2.16. The van der Waals surface area contributed by atoms with Gasteiger partial charge >= 0.3 is 0 Å². The van der Waals surface area contributed by atoms with E-state index in [4.69, 9.17) is 4.74 Å². The summed E-state index contributed by atoms with van der Waals surface area (Å²) in [6.07, 6.45) is 1.11. The van der Waals surface area contributed by atoms with E-state index in [1.54, 1.807) is 4.90 Å². The molecule has 76 valence electrons. The largest absolute Gasteiger partial charge is 0.393 e. The van der Waals surface area contributed by atoms with Gasteiger partial charge in [-0.1, -0.05) is 0 Å². The van der Waals surface area contributed by atoms with E-state index in [0.29, 0.717) is 19.4 Å². The first-order valence-corrected chi connectivity index (χ1v) is 4.61. The van der Waals surface area contributed by atoms with Crippen LogP contribution in [0.15, 0.2) is 0 Å². The summed E-state index contributed by atoms with van der Waals surface area (Å²) in [6.45, 7) is 2.74. The van der Waals surface area contributed by atoms with Crippen LogP contribution in [0.3, 0.4) is 0 Å². The van der Waals surface area contributed by atoms with Crippen LogP contribution < -0.4 is 0 Å². The maximum absolute atomic E-state index is 11.4. The number of nitrogens with zero attached hydrogens (tertiary/aromatic N) is 1. The van der Waals surface area contributed by atoms with Crippen LogP contribution in [0, 0.1) is 0 Å². The van der Waals surface area contributed by atoms with Gasteiger partial charge in [-0.05, 0) is 19.8 Å². The number of piperidine rings is 1. The third kappa shape index (κ3) is 2.67. The Morgan fingerprint density at radius 1 is 1.69 bits per heavy atom. The lowest BCUT2D eigenvalue weighted by Gasteiger charge is -2.35. The van der Waals surface area contributed by atoms with Gasteiger partial charge in [0.25, 0.3) is 0 Å². The van der Waals surface area contributed by atoms with Crippen molar-refractivity contribution in [2.24, 2.45) is 0 Å². The van der Waals surface area contributed by atoms with Crippen molar-refractivity contribution in [2.45, 2.75) is 31.9 Å². The summed E-state index contributed by atoms with van der Waals surface area (Å²) in [5.74, 6) is 0.0156. The van der Waals surface area contributed by atoms with Crippen LogP contribution in [-0.4, -0.2) is 48.3 Å². The number of amides is 1. The fourth-order valence-corrected chi connectivity index (χ4v) is 1.72. The van der Waals surface area contributed by atoms with E-state index in [0.717, 1.165) is 0 Å². The van der Waals surface area contributed by atoms with E-state index >= 15 is 0 Å². The number of likely N-dealkylation sites (tertiary alicyclic amines) is 1. The summed E-state index contributed by atoms with van der Waals surface area (Å²) >= 11 is 0. The predicted octanol–water partition coefficient (Wildman–Crippen LogP) is 0.00460. The molecule has 4 nitrogen and oxygen atoms in total. The second kappa shape index (κ2) is 4.58. The fourth-order valence-electron chi connectivity index (χ4n) is 1.72. The standard InChI is InChI=1S/C9H17NO3/c1-7-5-8(11)3-4-10(7)9(12)6-13-2/h7-8,11H,3-6H2,1-2H3. The molecule has 1 fully saturated rings. The van der Waals surface area contributed by atoms with E-state index < -0.39 is 0 Å². The molecule has 1 rings (SSSR count). The Morgan fingerprint density at radius 2 is 2.38 bits per heavy atom. The Kier molecular flexibility index (Phi) is 3.69. The topological polar surface area (TPSA) is 49.8 Å². The second-order valence-corrected chi connectivity index (χ2v) is 3.55. The third-order valence-electron chi connectivity index (χ3n) is 2.44. The molecule has 0 saturated carbocycles. The van der Waals surface area contributed by atoms with Crippen LogP contribution in [-0.2, 0) is 9.53 Å². The zero-order valence-electron chi connectivity index (χ0n) is 8.19. The van der Waals surface area contributed by atoms with Gasteiger partial charge in [0.1, 0.15) is 6.61 Å². The molecule has 0 aromatic rings. The van der Waals surface area contributed by atoms with Crippen molar-refractivity contribution in [1.82, 2.24) is 4.90 Å². The van der Waals surface area contributed by atoms with Gasteiger partial charge < -0.3 is 14.7 Å². The first-order chi connectivity index (χ1) is 6.15. The predicted molar refractivity (Wildman–Crippen MR) is 48.3 cm³/mol. The number of aliphatic hydroxyl groups is 1. The van der Waals surface area contributed by atoms with Crippen LogP contribution in [0.5, 0.6) is 0 Å². The van der Waals surface area contributed by atoms with Crippen molar-refractivity contribution in [3.8, 4) is 0 Å². The lowest BCUT2D eigenvalue weighted by Crippen LogP contribution is -2.47. The van der Waals surface area contributed by atoms with Crippen molar-refractivity contribution in [1.29, 1.82) is 0 Å². The minimum Gasteiger partial charge on any atom is -0.393 e. The van der Waals surface area contributed by atoms with Crippen molar-refractivity contribution in [3.63, 3.8) is 0 Å². The zero-order valence-corrected chi connectivity index (χ0v) is 8.19. The quantitative estimate of drug-likeness (QED) is 0.662. The monoisotopic (exact) mass is 187 g/mol. The smallest absolute Gasteiger partial charge is 0.248 e. The van der Waals surface area contributed by atoms with Crippen LogP contribution in [0.4, 0.5) is 0 Å². The zero-order chi connectivity index (χ0) is 9.84. The van der Waals surface area contributed by atoms with E-state index in [2.05, 4.69) is 0 Å². The van der Waals surface area contributed by atoms with Gasteiger partial charge in [0, 0.05) is 19.7 Å². The normalized spacial score (nSPS) is 29.0. The highest BCUT2D eigenvalue weighted by molar-refractivity contribution is 5.77. The number of rotatable bonds is 2. The minimum absolute atomic E-state index is 0.0156. The molecule has 1 saturated heterocycles. The van der Waals surface area contributed by atoms with Crippen molar-refractivity contribution < 1.29 is 14.6 Å². The Bertz CT molecular complexity index is 184. The molecular formula is C9H17NO3. The molecule has 4 heteroatoms. The average molecular weight is 187 g/mol. The number of hydrogen-bond donors (Lipinski definition) is 1. The highest BCUT2D eigenvalue weighted by Gasteiger charge is 2.27. The molecule has 0 radical (unpaired) electrons. The number of methoxy groups -OCH3 is 1. The molecule has 1 aliphatic rings. The lowest BCUT2D eigenvalue weighted by atomic mass is 10.0. The van der Waals surface area contributed by atoms with Gasteiger partial charge in [0.2, 0.25) is 5.91 Å². The molecule has 1 N–H and O–H groups in total. The van der Waals surface area contributed by atoms with Gasteiger partial charge in [-0.25, -0.2) is 0 Å². The van der Waals surface area contributed by atoms with Gasteiger partial charge in [-0.3, -0.25) is 4.79 Å². The van der Waals surface area contributed by atoms with E-state index in [1.807, 2.05) is 6.92 Å². The van der Waals surface area contributed by atoms with Gasteiger partial charge in [0.05, 0.1) is 6.10 Å². The maximum Gasteiger partial charge on any atom is 0.248 e. The van der Waals surface area contributed by atoms with Crippen molar-refractivity contribution >= 4 is 5.91 Å². The van der Waals surface area contributed by atoms with Crippen molar-refractivity contribution in [3.05, 3.63) is 0 Å². The second-order valence-electron chi connectivity index (χ2n) is 3.55. The maximum atomic E-state index is 11.4. The SMILES string of the molecule is COCC(=O)N1CCC(O)CC1C. The van der Waals surface area contributed by atoms with Crippen LogP contribution >= 0.6 is 0 Å². The Labute approximate surface area is 78.5 Å². The number of carbonyl (C=O) groups excluding carboxylic acids is 1. The Balaban J connectivity index is 2.45. The van der Waals surface area contributed by atoms with Gasteiger partial charge in [-0.15, -0.1) is 0 Å². The molecule has 1 amide bonds. The van der Waals surface area contributed by atoms with Crippen LogP contribution in [0.25, 0.3) is 0 Å². The molecule has 0 aromatic carbocycles. The third-order valence-corrected chi connectivity index (χ3v) is 2.44. The molecule has 0 bridgehead atoms. The summed E-state index contributed by atoms with van der Waals surface area (Å²) in [5.41, 5.74) is 0. The van der Waals surface area contributed by atoms with E-state index in [1.165, 1.54) is 7.11 Å². The number of aliphatic hydroxyl groups excluding tert-OH is 1. The molecule has 2 atom stereocenters. The Morgan fingerprint density at radius 3 is 2.92 bits per heavy atom. The number of ether oxygens (including phenoxy) is 1. The number of hydrogen-bond acceptors (Lipinski definition) is 3. The summed E-state index contributed by atoms with van der Waals surface area (Å²) in [5, 5.41) is 9.34. The highest BCUT2D eigenvalue weighted by atomic mass is 16.5. The van der Waals surface area contributed by atoms with Gasteiger partial charge in [0.15, 0.2) is 0 Å². The summed E-state index contributed by atoms with van der Waals surface area (Å²) in [7, 11) is 1.52. The lowest BCUT2D eigenvalue weighted by molar-refractivity contribution is -0.140. The Hall–Kier alpha value is -0.610. The molecule has 0 aliphatic carbocycles. The van der Waals surface area contributed by atoms with Crippen LogP contribution in [0.2, 0.25) is 0 Å². The van der Waals surface area contributed by atoms with Crippen molar-refractivity contribution in [2.75, 3.05) is 20.3 Å². The summed E-state index contributed by atoms with van der Waals surface area (Å²) in [4.78, 5) is 13.2. The molecule has 0 spiro atoms. The molecule has 1 heterocycles. The molecule has 13 heavy (non-hydrogen) atoms. The molecule has 0 aromatic heterocycles. The minimum atomic E-state index is -0.249. The average Bonchev–Trinajstić information content (AvgIpc) is 2.04.